The Hall–Kier alpha value is -1.83. The predicted octanol–water partition coefficient (Wildman–Crippen LogP) is 4.04. The summed E-state index contributed by atoms with van der Waals surface area (Å²) >= 11 is 0. The number of methoxy groups -OCH3 is 1. The van der Waals surface area contributed by atoms with Crippen LogP contribution in [0.3, 0.4) is 0 Å². The standard InChI is InChI=1S/C18H22F4N2O2/c1-16(6-3-9-23-16)11-24(15(25)26-2)17(7-8-17)12-4-5-14(19)13(10-12)18(20,21)22/h4-5,10,23H,3,6-9,11H2,1-2H3/t16-/m1/s1. The summed E-state index contributed by atoms with van der Waals surface area (Å²) in [5.74, 6) is -1.31. The van der Waals surface area contributed by atoms with Gasteiger partial charge in [-0.15, -0.1) is 0 Å². The number of alkyl halides is 3. The van der Waals surface area contributed by atoms with Gasteiger partial charge in [-0.3, -0.25) is 4.90 Å². The maximum absolute atomic E-state index is 13.7. The SMILES string of the molecule is COC(=O)N(C[C@@]1(C)CCCN1)C1(c2ccc(F)c(C(F)(F)F)c2)CC1. The number of rotatable bonds is 4. The van der Waals surface area contributed by atoms with Crippen LogP contribution in [-0.2, 0) is 16.5 Å². The molecule has 0 unspecified atom stereocenters. The lowest BCUT2D eigenvalue weighted by Gasteiger charge is -2.38. The Morgan fingerprint density at radius 1 is 1.31 bits per heavy atom. The number of nitrogens with one attached hydrogen (secondary N) is 1. The van der Waals surface area contributed by atoms with Gasteiger partial charge in [0.05, 0.1) is 18.2 Å². The minimum atomic E-state index is -4.79. The first-order valence-electron chi connectivity index (χ1n) is 8.59. The number of halogens is 4. The number of carbonyl (C=O) groups excluding carboxylic acids is 1. The number of benzene rings is 1. The van der Waals surface area contributed by atoms with Gasteiger partial charge in [0.25, 0.3) is 0 Å². The Morgan fingerprint density at radius 3 is 2.50 bits per heavy atom. The van der Waals surface area contributed by atoms with Crippen molar-refractivity contribution in [1.29, 1.82) is 0 Å². The van der Waals surface area contributed by atoms with Crippen molar-refractivity contribution in [2.75, 3.05) is 20.2 Å². The third kappa shape index (κ3) is 3.39. The Balaban J connectivity index is 1.97. The quantitative estimate of drug-likeness (QED) is 0.809. The van der Waals surface area contributed by atoms with E-state index in [0.717, 1.165) is 31.5 Å². The molecule has 0 aromatic heterocycles. The third-order valence-electron chi connectivity index (χ3n) is 5.41. The lowest BCUT2D eigenvalue weighted by atomic mass is 9.95. The second-order valence-electron chi connectivity index (χ2n) is 7.37. The number of carbonyl (C=O) groups is 1. The maximum Gasteiger partial charge on any atom is 0.419 e. The second-order valence-corrected chi connectivity index (χ2v) is 7.37. The van der Waals surface area contributed by atoms with E-state index in [1.165, 1.54) is 18.1 Å². The van der Waals surface area contributed by atoms with E-state index in [-0.39, 0.29) is 5.54 Å². The van der Waals surface area contributed by atoms with Gasteiger partial charge in [-0.2, -0.15) is 13.2 Å². The highest BCUT2D eigenvalue weighted by Gasteiger charge is 2.54. The number of nitrogens with zero attached hydrogens (tertiary/aromatic N) is 1. The molecule has 1 saturated heterocycles. The maximum atomic E-state index is 13.7. The third-order valence-corrected chi connectivity index (χ3v) is 5.41. The molecule has 1 heterocycles. The first-order chi connectivity index (χ1) is 12.1. The molecule has 8 heteroatoms. The highest BCUT2D eigenvalue weighted by Crippen LogP contribution is 2.53. The summed E-state index contributed by atoms with van der Waals surface area (Å²) in [7, 11) is 1.25. The summed E-state index contributed by atoms with van der Waals surface area (Å²) in [5, 5.41) is 3.35. The molecule has 26 heavy (non-hydrogen) atoms. The molecular weight excluding hydrogens is 352 g/mol. The molecule has 0 spiro atoms. The van der Waals surface area contributed by atoms with Crippen LogP contribution in [0.1, 0.15) is 43.7 Å². The van der Waals surface area contributed by atoms with Crippen molar-refractivity contribution in [2.24, 2.45) is 0 Å². The molecule has 0 radical (unpaired) electrons. The van der Waals surface area contributed by atoms with Gasteiger partial charge >= 0.3 is 12.3 Å². The molecule has 4 nitrogen and oxygen atoms in total. The van der Waals surface area contributed by atoms with Crippen LogP contribution in [0.4, 0.5) is 22.4 Å². The normalized spacial score (nSPS) is 24.4. The van der Waals surface area contributed by atoms with Crippen LogP contribution in [0.15, 0.2) is 18.2 Å². The van der Waals surface area contributed by atoms with Gasteiger partial charge in [0.2, 0.25) is 0 Å². The minimum Gasteiger partial charge on any atom is -0.453 e. The molecule has 3 rings (SSSR count). The van der Waals surface area contributed by atoms with Gasteiger partial charge in [-0.05, 0) is 56.8 Å². The molecule has 1 aliphatic heterocycles. The highest BCUT2D eigenvalue weighted by atomic mass is 19.4. The highest BCUT2D eigenvalue weighted by molar-refractivity contribution is 5.70. The van der Waals surface area contributed by atoms with Crippen molar-refractivity contribution in [3.63, 3.8) is 0 Å². The lowest BCUT2D eigenvalue weighted by Crippen LogP contribution is -2.53. The summed E-state index contributed by atoms with van der Waals surface area (Å²) in [6.07, 6.45) is -2.52. The van der Waals surface area contributed by atoms with Crippen molar-refractivity contribution in [2.45, 2.75) is 49.9 Å². The van der Waals surface area contributed by atoms with Gasteiger partial charge in [-0.25, -0.2) is 9.18 Å². The molecular formula is C18H22F4N2O2. The summed E-state index contributed by atoms with van der Waals surface area (Å²) in [6, 6.07) is 2.98. The van der Waals surface area contributed by atoms with Crippen LogP contribution < -0.4 is 5.32 Å². The fourth-order valence-corrected chi connectivity index (χ4v) is 3.81. The van der Waals surface area contributed by atoms with Gasteiger partial charge in [-0.1, -0.05) is 6.07 Å². The van der Waals surface area contributed by atoms with E-state index in [0.29, 0.717) is 24.9 Å². The lowest BCUT2D eigenvalue weighted by molar-refractivity contribution is -0.140. The van der Waals surface area contributed by atoms with Crippen LogP contribution in [0.25, 0.3) is 0 Å². The van der Waals surface area contributed by atoms with E-state index in [1.807, 2.05) is 6.92 Å². The second kappa shape index (κ2) is 6.40. The molecule has 1 amide bonds. The molecule has 1 saturated carbocycles. The van der Waals surface area contributed by atoms with Crippen LogP contribution >= 0.6 is 0 Å². The Kier molecular flexibility index (Phi) is 4.67. The predicted molar refractivity (Wildman–Crippen MR) is 87.1 cm³/mol. The van der Waals surface area contributed by atoms with Crippen molar-refractivity contribution in [1.82, 2.24) is 10.2 Å². The van der Waals surface area contributed by atoms with Crippen LogP contribution in [0, 0.1) is 5.82 Å². The Morgan fingerprint density at radius 2 is 2.00 bits per heavy atom. The molecule has 2 fully saturated rings. The summed E-state index contributed by atoms with van der Waals surface area (Å²) in [5.41, 5.74) is -2.22. The van der Waals surface area contributed by atoms with Gasteiger partial charge in [0.1, 0.15) is 5.82 Å². The Labute approximate surface area is 149 Å². The van der Waals surface area contributed by atoms with Crippen molar-refractivity contribution >= 4 is 6.09 Å². The molecule has 1 aromatic rings. The molecule has 1 atom stereocenters. The average molecular weight is 374 g/mol. The summed E-state index contributed by atoms with van der Waals surface area (Å²) in [4.78, 5) is 13.9. The first kappa shape index (κ1) is 18.9. The van der Waals surface area contributed by atoms with E-state index in [4.69, 9.17) is 4.74 Å². The van der Waals surface area contributed by atoms with Crippen LogP contribution in [-0.4, -0.2) is 36.7 Å². The largest absolute Gasteiger partial charge is 0.453 e. The van der Waals surface area contributed by atoms with E-state index in [2.05, 4.69) is 5.32 Å². The molecule has 2 aliphatic rings. The van der Waals surface area contributed by atoms with Gasteiger partial charge < -0.3 is 10.1 Å². The fraction of sp³-hybridized carbons (Fsp3) is 0.611. The molecule has 1 aliphatic carbocycles. The van der Waals surface area contributed by atoms with Crippen LogP contribution in [0.2, 0.25) is 0 Å². The van der Waals surface area contributed by atoms with Gasteiger partial charge in [0.15, 0.2) is 0 Å². The smallest absolute Gasteiger partial charge is 0.419 e. The zero-order valence-electron chi connectivity index (χ0n) is 14.8. The monoisotopic (exact) mass is 374 g/mol. The first-order valence-corrected chi connectivity index (χ1v) is 8.59. The average Bonchev–Trinajstić information content (AvgIpc) is 3.27. The zero-order chi connectivity index (χ0) is 19.2. The number of hydrogen-bond donors (Lipinski definition) is 1. The molecule has 1 aromatic carbocycles. The molecule has 144 valence electrons. The van der Waals surface area contributed by atoms with E-state index in [9.17, 15) is 22.4 Å². The van der Waals surface area contributed by atoms with E-state index >= 15 is 0 Å². The van der Waals surface area contributed by atoms with Crippen LogP contribution in [0.5, 0.6) is 0 Å². The number of ether oxygens (including phenoxy) is 1. The van der Waals surface area contributed by atoms with Gasteiger partial charge in [0, 0.05) is 12.1 Å². The zero-order valence-corrected chi connectivity index (χ0v) is 14.8. The van der Waals surface area contributed by atoms with E-state index < -0.39 is 29.2 Å². The summed E-state index contributed by atoms with van der Waals surface area (Å²) in [6.45, 7) is 3.13. The molecule has 1 N–H and O–H groups in total. The number of amides is 1. The molecule has 0 bridgehead atoms. The topological polar surface area (TPSA) is 41.6 Å². The van der Waals surface area contributed by atoms with E-state index in [1.54, 1.807) is 0 Å². The number of hydrogen-bond acceptors (Lipinski definition) is 3. The fourth-order valence-electron chi connectivity index (χ4n) is 3.81. The van der Waals surface area contributed by atoms with Crippen molar-refractivity contribution in [3.05, 3.63) is 35.1 Å². The summed E-state index contributed by atoms with van der Waals surface area (Å²) < 4.78 is 57.8. The minimum absolute atomic E-state index is 0.290. The van der Waals surface area contributed by atoms with Crippen molar-refractivity contribution < 1.29 is 27.1 Å². The van der Waals surface area contributed by atoms with Crippen molar-refractivity contribution in [3.8, 4) is 0 Å². The Bertz CT molecular complexity index is 695.